The summed E-state index contributed by atoms with van der Waals surface area (Å²) in [4.78, 5) is 28.6. The molecule has 3 heterocycles. The first-order valence-electron chi connectivity index (χ1n) is 9.39. The molecule has 5 nitrogen and oxygen atoms in total. The molecule has 3 aliphatic heterocycles. The van der Waals surface area contributed by atoms with Gasteiger partial charge < -0.3 is 9.64 Å². The maximum absolute atomic E-state index is 14.0. The van der Waals surface area contributed by atoms with Crippen molar-refractivity contribution in [1.29, 1.82) is 0 Å². The van der Waals surface area contributed by atoms with Crippen LogP contribution in [-0.4, -0.2) is 74.8 Å². The lowest BCUT2D eigenvalue weighted by Gasteiger charge is -2.31. The van der Waals surface area contributed by atoms with Gasteiger partial charge in [0.25, 0.3) is 0 Å². The SMILES string of the molecule is CC(C)(C)OC(=O)N1C[C@@H](F)C[C@H]1C(=O)N1CCCC2(CC1)SCCS2. The van der Waals surface area contributed by atoms with Crippen molar-refractivity contribution >= 4 is 35.5 Å². The molecule has 0 saturated carbocycles. The van der Waals surface area contributed by atoms with Crippen LogP contribution in [-0.2, 0) is 9.53 Å². The smallest absolute Gasteiger partial charge is 0.411 e. The van der Waals surface area contributed by atoms with Crippen LogP contribution >= 0.6 is 23.5 Å². The highest BCUT2D eigenvalue weighted by Gasteiger charge is 2.45. The predicted molar refractivity (Wildman–Crippen MR) is 104 cm³/mol. The zero-order valence-electron chi connectivity index (χ0n) is 15.8. The Labute approximate surface area is 163 Å². The zero-order valence-corrected chi connectivity index (χ0v) is 17.5. The quantitative estimate of drug-likeness (QED) is 0.669. The average Bonchev–Trinajstić information content (AvgIpc) is 3.09. The summed E-state index contributed by atoms with van der Waals surface area (Å²) in [7, 11) is 0. The topological polar surface area (TPSA) is 49.9 Å². The lowest BCUT2D eigenvalue weighted by atomic mass is 10.1. The van der Waals surface area contributed by atoms with Crippen LogP contribution in [0.1, 0.15) is 46.5 Å². The number of alkyl halides is 1. The van der Waals surface area contributed by atoms with Gasteiger partial charge in [0.1, 0.15) is 17.8 Å². The Morgan fingerprint density at radius 3 is 2.50 bits per heavy atom. The van der Waals surface area contributed by atoms with Crippen LogP contribution in [0.15, 0.2) is 0 Å². The van der Waals surface area contributed by atoms with Gasteiger partial charge in [0.15, 0.2) is 0 Å². The largest absolute Gasteiger partial charge is 0.444 e. The highest BCUT2D eigenvalue weighted by atomic mass is 32.2. The van der Waals surface area contributed by atoms with E-state index < -0.39 is 23.9 Å². The number of hydrogen-bond donors (Lipinski definition) is 0. The third kappa shape index (κ3) is 4.61. The molecular weight excluding hydrogens is 375 g/mol. The van der Waals surface area contributed by atoms with Gasteiger partial charge in [0, 0.05) is 31.0 Å². The Hall–Kier alpha value is -0.630. The van der Waals surface area contributed by atoms with E-state index >= 15 is 0 Å². The van der Waals surface area contributed by atoms with Crippen molar-refractivity contribution in [1.82, 2.24) is 9.80 Å². The van der Waals surface area contributed by atoms with Crippen molar-refractivity contribution in [2.24, 2.45) is 0 Å². The molecule has 1 spiro atoms. The molecule has 8 heteroatoms. The van der Waals surface area contributed by atoms with E-state index in [1.54, 1.807) is 20.8 Å². The number of nitrogens with zero attached hydrogens (tertiary/aromatic N) is 2. The van der Waals surface area contributed by atoms with Crippen LogP contribution < -0.4 is 0 Å². The summed E-state index contributed by atoms with van der Waals surface area (Å²) in [6.45, 7) is 6.64. The Kier molecular flexibility index (Phi) is 6.02. The highest BCUT2D eigenvalue weighted by molar-refractivity contribution is 8.21. The van der Waals surface area contributed by atoms with E-state index in [9.17, 15) is 14.0 Å². The molecule has 0 aromatic heterocycles. The first kappa shape index (κ1) is 20.1. The molecule has 0 aromatic carbocycles. The van der Waals surface area contributed by atoms with Crippen molar-refractivity contribution in [3.63, 3.8) is 0 Å². The molecule has 148 valence electrons. The molecule has 0 aromatic rings. The molecule has 2 amide bonds. The monoisotopic (exact) mass is 404 g/mol. The number of hydrogen-bond acceptors (Lipinski definition) is 5. The minimum absolute atomic E-state index is 0.0607. The second kappa shape index (κ2) is 7.78. The number of thioether (sulfide) groups is 2. The Bertz CT molecular complexity index is 549. The predicted octanol–water partition coefficient (Wildman–Crippen LogP) is 3.52. The van der Waals surface area contributed by atoms with Crippen molar-refractivity contribution in [3.05, 3.63) is 0 Å². The number of rotatable bonds is 1. The molecule has 3 fully saturated rings. The van der Waals surface area contributed by atoms with E-state index in [0.29, 0.717) is 13.1 Å². The molecule has 2 atom stereocenters. The van der Waals surface area contributed by atoms with Crippen molar-refractivity contribution < 1.29 is 18.7 Å². The van der Waals surface area contributed by atoms with Gasteiger partial charge in [-0.1, -0.05) is 0 Å². The van der Waals surface area contributed by atoms with Gasteiger partial charge in [-0.2, -0.15) is 0 Å². The summed E-state index contributed by atoms with van der Waals surface area (Å²) >= 11 is 4.04. The van der Waals surface area contributed by atoms with Crippen LogP contribution in [0.25, 0.3) is 0 Å². The molecule has 3 saturated heterocycles. The minimum atomic E-state index is -1.17. The first-order chi connectivity index (χ1) is 12.2. The summed E-state index contributed by atoms with van der Waals surface area (Å²) < 4.78 is 19.7. The van der Waals surface area contributed by atoms with Crippen molar-refractivity contribution in [2.75, 3.05) is 31.1 Å². The fraction of sp³-hybridized carbons (Fsp3) is 0.889. The second-order valence-corrected chi connectivity index (χ2v) is 11.5. The fourth-order valence-electron chi connectivity index (χ4n) is 3.84. The van der Waals surface area contributed by atoms with Crippen LogP contribution in [0.4, 0.5) is 9.18 Å². The summed E-state index contributed by atoms with van der Waals surface area (Å²) in [6, 6.07) is -0.738. The molecule has 0 radical (unpaired) electrons. The van der Waals surface area contributed by atoms with Crippen LogP contribution in [0, 0.1) is 0 Å². The molecule has 0 bridgehead atoms. The van der Waals surface area contributed by atoms with Gasteiger partial charge in [-0.05, 0) is 40.0 Å². The molecule has 3 rings (SSSR count). The Morgan fingerprint density at radius 2 is 1.85 bits per heavy atom. The van der Waals surface area contributed by atoms with Gasteiger partial charge in [0.05, 0.1) is 10.6 Å². The van der Waals surface area contributed by atoms with Gasteiger partial charge >= 0.3 is 6.09 Å². The van der Waals surface area contributed by atoms with E-state index in [-0.39, 0.29) is 23.0 Å². The molecule has 0 unspecified atom stereocenters. The van der Waals surface area contributed by atoms with Crippen LogP contribution in [0.3, 0.4) is 0 Å². The summed E-state index contributed by atoms with van der Waals surface area (Å²) in [5, 5.41) is 0. The standard InChI is InChI=1S/C18H29FN2O3S2/c1-17(2,3)24-16(23)21-12-13(19)11-14(21)15(22)20-7-4-5-18(6-8-20)25-9-10-26-18/h13-14H,4-12H2,1-3H3/t13-,14-/m0/s1. The average molecular weight is 405 g/mol. The Morgan fingerprint density at radius 1 is 1.15 bits per heavy atom. The number of likely N-dealkylation sites (tertiary alicyclic amines) is 2. The van der Waals surface area contributed by atoms with Crippen LogP contribution in [0.5, 0.6) is 0 Å². The van der Waals surface area contributed by atoms with Gasteiger partial charge in [-0.25, -0.2) is 9.18 Å². The summed E-state index contributed by atoms with van der Waals surface area (Å²) in [5.74, 6) is 2.23. The lowest BCUT2D eigenvalue weighted by Crippen LogP contribution is -2.49. The molecule has 26 heavy (non-hydrogen) atoms. The maximum Gasteiger partial charge on any atom is 0.411 e. The molecule has 3 aliphatic rings. The van der Waals surface area contributed by atoms with Gasteiger partial charge in [-0.3, -0.25) is 9.69 Å². The number of halogens is 1. The fourth-order valence-corrected chi connectivity index (χ4v) is 7.13. The van der Waals surface area contributed by atoms with Gasteiger partial charge in [-0.15, -0.1) is 23.5 Å². The van der Waals surface area contributed by atoms with E-state index in [2.05, 4.69) is 0 Å². The molecular formula is C18H29FN2O3S2. The van der Waals surface area contributed by atoms with E-state index in [1.165, 1.54) is 16.4 Å². The number of carbonyl (C=O) groups is 2. The zero-order chi connectivity index (χ0) is 18.9. The second-order valence-electron chi connectivity index (χ2n) is 8.27. The highest BCUT2D eigenvalue weighted by Crippen LogP contribution is 2.50. The van der Waals surface area contributed by atoms with E-state index in [0.717, 1.165) is 19.3 Å². The number of ether oxygens (including phenoxy) is 1. The van der Waals surface area contributed by atoms with Crippen molar-refractivity contribution in [3.8, 4) is 0 Å². The molecule has 0 aliphatic carbocycles. The Balaban J connectivity index is 1.66. The lowest BCUT2D eigenvalue weighted by molar-refractivity contribution is -0.135. The third-order valence-electron chi connectivity index (χ3n) is 5.04. The van der Waals surface area contributed by atoms with Crippen molar-refractivity contribution in [2.45, 2.75) is 68.3 Å². The number of amides is 2. The normalized spacial score (nSPS) is 29.1. The minimum Gasteiger partial charge on any atom is -0.444 e. The number of carbonyl (C=O) groups excluding carboxylic acids is 2. The van der Waals surface area contributed by atoms with Gasteiger partial charge in [0.2, 0.25) is 5.91 Å². The van der Waals surface area contributed by atoms with E-state index in [4.69, 9.17) is 4.74 Å². The summed E-state index contributed by atoms with van der Waals surface area (Å²) in [6.07, 6.45) is 1.34. The molecule has 0 N–H and O–H groups in total. The third-order valence-corrected chi connectivity index (χ3v) is 8.69. The van der Waals surface area contributed by atoms with E-state index in [1.807, 2.05) is 28.4 Å². The summed E-state index contributed by atoms with van der Waals surface area (Å²) in [5.41, 5.74) is -0.662. The van der Waals surface area contributed by atoms with Crippen LogP contribution in [0.2, 0.25) is 0 Å². The maximum atomic E-state index is 14.0. The first-order valence-corrected chi connectivity index (χ1v) is 11.4.